The molecule has 0 atom stereocenters. The van der Waals surface area contributed by atoms with Crippen LogP contribution in [0.5, 0.6) is 0 Å². The van der Waals surface area contributed by atoms with Crippen molar-refractivity contribution < 1.29 is 23.2 Å². The molecule has 34 heavy (non-hydrogen) atoms. The van der Waals surface area contributed by atoms with E-state index in [0.717, 1.165) is 36.9 Å². The fourth-order valence-electron chi connectivity index (χ4n) is 3.11. The second-order valence-electron chi connectivity index (χ2n) is 7.70. The summed E-state index contributed by atoms with van der Waals surface area (Å²) in [6.07, 6.45) is 3.49. The number of unbranched alkanes of at least 4 members (excludes halogenated alkanes) is 2. The first-order valence-corrected chi connectivity index (χ1v) is 11.8. The summed E-state index contributed by atoms with van der Waals surface area (Å²) in [6.45, 7) is 4.29. The molecule has 0 aliphatic carbocycles. The number of aryl methyl sites for hydroxylation is 3. The number of hydrogen-bond acceptors (Lipinski definition) is 7. The van der Waals surface area contributed by atoms with Gasteiger partial charge in [0.15, 0.2) is 10.9 Å². The third kappa shape index (κ3) is 8.23. The Morgan fingerprint density at radius 3 is 2.65 bits per heavy atom. The average molecular weight is 490 g/mol. The van der Waals surface area contributed by atoms with Crippen molar-refractivity contribution in [1.29, 1.82) is 0 Å². The molecule has 0 spiro atoms. The molecule has 0 aliphatic heterocycles. The minimum absolute atomic E-state index is 0.0319. The van der Waals surface area contributed by atoms with Crippen molar-refractivity contribution in [2.24, 2.45) is 0 Å². The van der Waals surface area contributed by atoms with Crippen LogP contribution >= 0.6 is 11.3 Å². The first-order chi connectivity index (χ1) is 16.4. The lowest BCUT2D eigenvalue weighted by Gasteiger charge is -2.06. The van der Waals surface area contributed by atoms with Crippen LogP contribution in [0.4, 0.5) is 20.0 Å². The smallest absolute Gasteiger partial charge is 0.325 e. The zero-order valence-electron chi connectivity index (χ0n) is 19.2. The highest BCUT2D eigenvalue weighted by molar-refractivity contribution is 7.13. The van der Waals surface area contributed by atoms with Gasteiger partial charge in [-0.3, -0.25) is 10.1 Å². The lowest BCUT2D eigenvalue weighted by Crippen LogP contribution is -2.28. The number of carbonyl (C=O) groups excluding carboxylic acids is 2. The second-order valence-corrected chi connectivity index (χ2v) is 8.56. The van der Waals surface area contributed by atoms with E-state index in [9.17, 15) is 14.0 Å². The third-order valence-corrected chi connectivity index (χ3v) is 5.70. The molecule has 9 nitrogen and oxygen atoms in total. The zero-order valence-corrected chi connectivity index (χ0v) is 20.0. The van der Waals surface area contributed by atoms with E-state index in [0.29, 0.717) is 28.8 Å². The Balaban J connectivity index is 1.24. The van der Waals surface area contributed by atoms with Gasteiger partial charge in [0.1, 0.15) is 23.8 Å². The standard InChI is InChI=1S/C23H28FN5O4S/c1-15-21(16(2)33-29-15)27-22(31)28-23-26-19(14-34-23)6-4-3-5-11-25-20(30)13-32-12-17-7-9-18(24)10-8-17/h7-10,14H,3-6,11-13H2,1-2H3,(H,25,30)(H2,26,27,28,31). The number of benzene rings is 1. The van der Waals surface area contributed by atoms with Crippen molar-refractivity contribution in [3.05, 3.63) is 58.2 Å². The Morgan fingerprint density at radius 1 is 1.12 bits per heavy atom. The molecule has 3 amide bonds. The summed E-state index contributed by atoms with van der Waals surface area (Å²) in [5.74, 6) is 0.0682. The maximum atomic E-state index is 12.9. The molecule has 3 N–H and O–H groups in total. The Bertz CT molecular complexity index is 1060. The third-order valence-electron chi connectivity index (χ3n) is 4.89. The van der Waals surface area contributed by atoms with E-state index in [1.807, 2.05) is 5.38 Å². The van der Waals surface area contributed by atoms with Gasteiger partial charge in [0.25, 0.3) is 0 Å². The van der Waals surface area contributed by atoms with E-state index in [4.69, 9.17) is 9.26 Å². The molecular weight excluding hydrogens is 461 g/mol. The number of nitrogens with one attached hydrogen (secondary N) is 3. The Morgan fingerprint density at radius 2 is 1.91 bits per heavy atom. The summed E-state index contributed by atoms with van der Waals surface area (Å²) >= 11 is 1.37. The average Bonchev–Trinajstić information content (AvgIpc) is 3.38. The number of nitrogens with zero attached hydrogens (tertiary/aromatic N) is 2. The minimum Gasteiger partial charge on any atom is -0.367 e. The zero-order chi connectivity index (χ0) is 24.3. The molecule has 0 saturated carbocycles. The number of urea groups is 1. The van der Waals surface area contributed by atoms with Crippen molar-refractivity contribution in [1.82, 2.24) is 15.5 Å². The summed E-state index contributed by atoms with van der Waals surface area (Å²) in [6, 6.07) is 5.59. The number of amides is 3. The molecule has 0 unspecified atom stereocenters. The fraction of sp³-hybridized carbons (Fsp3) is 0.391. The summed E-state index contributed by atoms with van der Waals surface area (Å²) in [5, 5.41) is 14.5. The predicted octanol–water partition coefficient (Wildman–Crippen LogP) is 4.58. The molecule has 2 heterocycles. The molecule has 3 rings (SSSR count). The van der Waals surface area contributed by atoms with Gasteiger partial charge < -0.3 is 19.9 Å². The van der Waals surface area contributed by atoms with Gasteiger partial charge in [-0.05, 0) is 50.8 Å². The fourth-order valence-corrected chi connectivity index (χ4v) is 3.85. The number of anilines is 2. The highest BCUT2D eigenvalue weighted by Crippen LogP contribution is 2.21. The summed E-state index contributed by atoms with van der Waals surface area (Å²) in [5.41, 5.74) is 2.90. The number of ether oxygens (including phenoxy) is 1. The summed E-state index contributed by atoms with van der Waals surface area (Å²) in [7, 11) is 0. The minimum atomic E-state index is -0.396. The van der Waals surface area contributed by atoms with Crippen molar-refractivity contribution in [2.75, 3.05) is 23.8 Å². The maximum absolute atomic E-state index is 12.9. The van der Waals surface area contributed by atoms with Gasteiger partial charge in [0.05, 0.1) is 12.3 Å². The van der Waals surface area contributed by atoms with Crippen molar-refractivity contribution in [3.63, 3.8) is 0 Å². The van der Waals surface area contributed by atoms with E-state index < -0.39 is 6.03 Å². The number of halogens is 1. The highest BCUT2D eigenvalue weighted by Gasteiger charge is 2.13. The number of rotatable bonds is 12. The van der Waals surface area contributed by atoms with E-state index in [1.165, 1.54) is 23.5 Å². The van der Waals surface area contributed by atoms with Crippen LogP contribution in [0.1, 0.15) is 42.0 Å². The van der Waals surface area contributed by atoms with Gasteiger partial charge in [-0.1, -0.05) is 23.7 Å². The van der Waals surface area contributed by atoms with E-state index in [2.05, 4.69) is 26.1 Å². The van der Waals surface area contributed by atoms with Crippen LogP contribution in [0.3, 0.4) is 0 Å². The van der Waals surface area contributed by atoms with Gasteiger partial charge >= 0.3 is 6.03 Å². The monoisotopic (exact) mass is 489 g/mol. The van der Waals surface area contributed by atoms with Gasteiger partial charge in [-0.25, -0.2) is 14.2 Å². The van der Waals surface area contributed by atoms with Crippen molar-refractivity contribution >= 4 is 34.1 Å². The number of hydrogen-bond donors (Lipinski definition) is 3. The van der Waals surface area contributed by atoms with Crippen molar-refractivity contribution in [2.45, 2.75) is 46.1 Å². The number of aromatic nitrogens is 2. The van der Waals surface area contributed by atoms with Crippen LogP contribution < -0.4 is 16.0 Å². The van der Waals surface area contributed by atoms with Crippen LogP contribution in [0.15, 0.2) is 34.2 Å². The molecule has 0 radical (unpaired) electrons. The van der Waals surface area contributed by atoms with E-state index in [-0.39, 0.29) is 24.9 Å². The van der Waals surface area contributed by atoms with Gasteiger partial charge in [0, 0.05) is 11.9 Å². The Kier molecular flexibility index (Phi) is 9.53. The molecule has 0 fully saturated rings. The summed E-state index contributed by atoms with van der Waals surface area (Å²) < 4.78 is 23.2. The molecular formula is C23H28FN5O4S. The highest BCUT2D eigenvalue weighted by atomic mass is 32.1. The quantitative estimate of drug-likeness (QED) is 0.321. The normalized spacial score (nSPS) is 10.8. The molecule has 0 saturated heterocycles. The second kappa shape index (κ2) is 12.8. The van der Waals surface area contributed by atoms with E-state index >= 15 is 0 Å². The molecule has 182 valence electrons. The molecule has 11 heteroatoms. The molecule has 0 aliphatic rings. The van der Waals surface area contributed by atoms with E-state index in [1.54, 1.807) is 26.0 Å². The van der Waals surface area contributed by atoms with Gasteiger partial charge in [-0.15, -0.1) is 11.3 Å². The molecule has 2 aromatic heterocycles. The van der Waals surface area contributed by atoms with Crippen LogP contribution in [0, 0.1) is 19.7 Å². The van der Waals surface area contributed by atoms with Gasteiger partial charge in [0.2, 0.25) is 5.91 Å². The maximum Gasteiger partial charge on any atom is 0.325 e. The number of carbonyl (C=O) groups is 2. The SMILES string of the molecule is Cc1noc(C)c1NC(=O)Nc1nc(CCCCCNC(=O)COCc2ccc(F)cc2)cs1. The molecule has 3 aromatic rings. The van der Waals surface area contributed by atoms with Crippen LogP contribution in [-0.2, 0) is 22.6 Å². The molecule has 0 bridgehead atoms. The number of thiazole rings is 1. The van der Waals surface area contributed by atoms with Crippen LogP contribution in [0.25, 0.3) is 0 Å². The largest absolute Gasteiger partial charge is 0.367 e. The topological polar surface area (TPSA) is 118 Å². The predicted molar refractivity (Wildman–Crippen MR) is 127 cm³/mol. The van der Waals surface area contributed by atoms with Crippen LogP contribution in [-0.4, -0.2) is 35.2 Å². The van der Waals surface area contributed by atoms with Crippen molar-refractivity contribution in [3.8, 4) is 0 Å². The Hall–Kier alpha value is -3.31. The first kappa shape index (κ1) is 25.3. The molecule has 1 aromatic carbocycles. The Labute approximate surface area is 201 Å². The lowest BCUT2D eigenvalue weighted by atomic mass is 10.1. The lowest BCUT2D eigenvalue weighted by molar-refractivity contribution is -0.126. The first-order valence-electron chi connectivity index (χ1n) is 10.9. The summed E-state index contributed by atoms with van der Waals surface area (Å²) in [4.78, 5) is 28.4. The van der Waals surface area contributed by atoms with Crippen LogP contribution in [0.2, 0.25) is 0 Å². The van der Waals surface area contributed by atoms with Gasteiger partial charge in [-0.2, -0.15) is 0 Å².